The van der Waals surface area contributed by atoms with E-state index in [0.29, 0.717) is 11.5 Å². The van der Waals surface area contributed by atoms with Gasteiger partial charge in [-0.2, -0.15) is 0 Å². The highest BCUT2D eigenvalue weighted by Crippen LogP contribution is 2.23. The highest BCUT2D eigenvalue weighted by atomic mass is 16.6. The summed E-state index contributed by atoms with van der Waals surface area (Å²) in [5, 5.41) is 9.54. The molecule has 0 aliphatic heterocycles. The Morgan fingerprint density at radius 2 is 2.15 bits per heavy atom. The Hall–Kier alpha value is -1.06. The first-order chi connectivity index (χ1) is 6.15. The van der Waals surface area contributed by atoms with Gasteiger partial charge < -0.3 is 5.11 Å². The third-order valence-corrected chi connectivity index (χ3v) is 2.01. The molecule has 1 rings (SSSR count). The Kier molecular flexibility index (Phi) is 3.28. The van der Waals surface area contributed by atoms with E-state index in [0.717, 1.165) is 5.56 Å². The van der Waals surface area contributed by atoms with Gasteiger partial charge in [-0.05, 0) is 17.5 Å². The predicted octanol–water partition coefficient (Wildman–Crippen LogP) is 1.91. The van der Waals surface area contributed by atoms with Gasteiger partial charge in [0.2, 0.25) is 0 Å². The van der Waals surface area contributed by atoms with E-state index in [1.807, 2.05) is 12.1 Å². The summed E-state index contributed by atoms with van der Waals surface area (Å²) in [5.74, 6) is 5.58. The van der Waals surface area contributed by atoms with Crippen LogP contribution in [-0.4, -0.2) is 5.11 Å². The van der Waals surface area contributed by atoms with Crippen LogP contribution >= 0.6 is 0 Å². The quantitative estimate of drug-likeness (QED) is 0.700. The van der Waals surface area contributed by atoms with Crippen LogP contribution in [0, 0.1) is 0 Å². The zero-order valence-electron chi connectivity index (χ0n) is 7.95. The molecule has 0 bridgehead atoms. The van der Waals surface area contributed by atoms with Gasteiger partial charge >= 0.3 is 0 Å². The molecule has 0 radical (unpaired) electrons. The summed E-state index contributed by atoms with van der Waals surface area (Å²) in [4.78, 5) is 4.45. The maximum atomic E-state index is 9.54. The molecule has 0 aliphatic rings. The second-order valence-corrected chi connectivity index (χ2v) is 3.35. The lowest BCUT2D eigenvalue weighted by Crippen LogP contribution is -1.99. The van der Waals surface area contributed by atoms with E-state index < -0.39 is 0 Å². The molecule has 3 nitrogen and oxygen atoms in total. The summed E-state index contributed by atoms with van der Waals surface area (Å²) in [6.07, 6.45) is 0. The standard InChI is InChI=1S/C10H15NO2/c1-7(2)8-3-4-9(6-13-11)10(12)5-8/h3-5,7,12H,6,11H2,1-2H3. The highest BCUT2D eigenvalue weighted by Gasteiger charge is 2.04. The van der Waals surface area contributed by atoms with Crippen LogP contribution in [0.25, 0.3) is 0 Å². The fourth-order valence-electron chi connectivity index (χ4n) is 1.15. The summed E-state index contributed by atoms with van der Waals surface area (Å²) in [6, 6.07) is 5.55. The van der Waals surface area contributed by atoms with Crippen molar-refractivity contribution in [1.29, 1.82) is 0 Å². The minimum Gasteiger partial charge on any atom is -0.508 e. The van der Waals surface area contributed by atoms with Gasteiger partial charge in [-0.25, -0.2) is 5.90 Å². The minimum absolute atomic E-state index is 0.240. The molecule has 0 atom stereocenters. The normalized spacial score (nSPS) is 10.8. The lowest BCUT2D eigenvalue weighted by molar-refractivity contribution is 0.122. The Morgan fingerprint density at radius 3 is 2.62 bits per heavy atom. The largest absolute Gasteiger partial charge is 0.508 e. The Balaban J connectivity index is 2.92. The Morgan fingerprint density at radius 1 is 1.46 bits per heavy atom. The van der Waals surface area contributed by atoms with E-state index in [-0.39, 0.29) is 12.4 Å². The third kappa shape index (κ3) is 2.44. The van der Waals surface area contributed by atoms with Gasteiger partial charge in [0.25, 0.3) is 0 Å². The van der Waals surface area contributed by atoms with Crippen molar-refractivity contribution in [3.63, 3.8) is 0 Å². The van der Waals surface area contributed by atoms with E-state index in [1.165, 1.54) is 0 Å². The van der Waals surface area contributed by atoms with Crippen LogP contribution in [0.3, 0.4) is 0 Å². The molecule has 3 N–H and O–H groups in total. The van der Waals surface area contributed by atoms with E-state index in [1.54, 1.807) is 6.07 Å². The van der Waals surface area contributed by atoms with Gasteiger partial charge in [0.1, 0.15) is 5.75 Å². The lowest BCUT2D eigenvalue weighted by atomic mass is 10.0. The molecule has 0 saturated carbocycles. The third-order valence-electron chi connectivity index (χ3n) is 2.01. The van der Waals surface area contributed by atoms with Crippen molar-refractivity contribution in [1.82, 2.24) is 0 Å². The molecule has 0 saturated heterocycles. The second-order valence-electron chi connectivity index (χ2n) is 3.35. The summed E-state index contributed by atoms with van der Waals surface area (Å²) in [7, 11) is 0. The predicted molar refractivity (Wildman–Crippen MR) is 51.2 cm³/mol. The van der Waals surface area contributed by atoms with Gasteiger partial charge in [0, 0.05) is 5.56 Å². The molecular weight excluding hydrogens is 166 g/mol. The fourth-order valence-corrected chi connectivity index (χ4v) is 1.15. The zero-order valence-corrected chi connectivity index (χ0v) is 7.95. The molecule has 13 heavy (non-hydrogen) atoms. The van der Waals surface area contributed by atoms with E-state index in [4.69, 9.17) is 5.90 Å². The highest BCUT2D eigenvalue weighted by molar-refractivity contribution is 5.37. The summed E-state index contributed by atoms with van der Waals surface area (Å²) < 4.78 is 0. The van der Waals surface area contributed by atoms with Gasteiger partial charge in [-0.1, -0.05) is 26.0 Å². The topological polar surface area (TPSA) is 55.5 Å². The molecule has 1 aromatic rings. The molecule has 72 valence electrons. The molecule has 0 heterocycles. The molecule has 3 heteroatoms. The Labute approximate surface area is 78.1 Å². The van der Waals surface area contributed by atoms with E-state index in [9.17, 15) is 5.11 Å². The SMILES string of the molecule is CC(C)c1ccc(CON)c(O)c1. The molecule has 0 aliphatic carbocycles. The van der Waals surface area contributed by atoms with Crippen molar-refractivity contribution >= 4 is 0 Å². The maximum Gasteiger partial charge on any atom is 0.121 e. The number of hydrogen-bond donors (Lipinski definition) is 2. The number of phenols is 1. The van der Waals surface area contributed by atoms with Crippen molar-refractivity contribution in [2.24, 2.45) is 5.90 Å². The van der Waals surface area contributed by atoms with Crippen molar-refractivity contribution in [3.8, 4) is 5.75 Å². The molecule has 1 aromatic carbocycles. The lowest BCUT2D eigenvalue weighted by Gasteiger charge is -2.08. The van der Waals surface area contributed by atoms with Gasteiger partial charge in [0.15, 0.2) is 0 Å². The van der Waals surface area contributed by atoms with Crippen LogP contribution in [0.15, 0.2) is 18.2 Å². The van der Waals surface area contributed by atoms with E-state index in [2.05, 4.69) is 18.7 Å². The average Bonchev–Trinajstić information content (AvgIpc) is 2.08. The second kappa shape index (κ2) is 4.25. The molecule has 0 fully saturated rings. The number of nitrogens with two attached hydrogens (primary N) is 1. The molecular formula is C10H15NO2. The van der Waals surface area contributed by atoms with Crippen molar-refractivity contribution in [3.05, 3.63) is 29.3 Å². The first-order valence-corrected chi connectivity index (χ1v) is 4.28. The van der Waals surface area contributed by atoms with Crippen LogP contribution in [0.2, 0.25) is 0 Å². The first-order valence-electron chi connectivity index (χ1n) is 4.28. The van der Waals surface area contributed by atoms with E-state index >= 15 is 0 Å². The smallest absolute Gasteiger partial charge is 0.121 e. The van der Waals surface area contributed by atoms with Crippen molar-refractivity contribution in [2.45, 2.75) is 26.4 Å². The number of rotatable bonds is 3. The molecule has 0 unspecified atom stereocenters. The minimum atomic E-state index is 0.240. The van der Waals surface area contributed by atoms with Crippen LogP contribution in [0.4, 0.5) is 0 Å². The average molecular weight is 181 g/mol. The summed E-state index contributed by atoms with van der Waals surface area (Å²) in [5.41, 5.74) is 1.82. The van der Waals surface area contributed by atoms with Crippen LogP contribution in [-0.2, 0) is 11.4 Å². The van der Waals surface area contributed by atoms with Crippen molar-refractivity contribution in [2.75, 3.05) is 0 Å². The molecule has 0 amide bonds. The number of phenolic OH excluding ortho intramolecular Hbond substituents is 1. The summed E-state index contributed by atoms with van der Waals surface area (Å²) >= 11 is 0. The number of aromatic hydroxyl groups is 1. The van der Waals surface area contributed by atoms with Gasteiger partial charge in [-0.3, -0.25) is 4.84 Å². The van der Waals surface area contributed by atoms with Crippen LogP contribution in [0.1, 0.15) is 30.9 Å². The van der Waals surface area contributed by atoms with Crippen LogP contribution in [0.5, 0.6) is 5.75 Å². The first kappa shape index (κ1) is 10.0. The van der Waals surface area contributed by atoms with Crippen LogP contribution < -0.4 is 5.90 Å². The van der Waals surface area contributed by atoms with Gasteiger partial charge in [0.05, 0.1) is 6.61 Å². The number of benzene rings is 1. The zero-order chi connectivity index (χ0) is 9.84. The number of hydrogen-bond acceptors (Lipinski definition) is 3. The summed E-state index contributed by atoms with van der Waals surface area (Å²) in [6.45, 7) is 4.39. The monoisotopic (exact) mass is 181 g/mol. The molecule has 0 spiro atoms. The molecule has 0 aromatic heterocycles. The Bertz CT molecular complexity index is 284. The maximum absolute atomic E-state index is 9.54. The van der Waals surface area contributed by atoms with Crippen molar-refractivity contribution < 1.29 is 9.94 Å². The fraction of sp³-hybridized carbons (Fsp3) is 0.400. The van der Waals surface area contributed by atoms with Gasteiger partial charge in [-0.15, -0.1) is 0 Å².